The Morgan fingerprint density at radius 1 is 1.69 bits per heavy atom. The lowest BCUT2D eigenvalue weighted by Gasteiger charge is -2.00. The molecule has 0 rings (SSSR count). The van der Waals surface area contributed by atoms with Crippen LogP contribution >= 0.6 is 11.6 Å². The fraction of sp³-hybridized carbons (Fsp3) is 0.286. The van der Waals surface area contributed by atoms with E-state index in [0.29, 0.717) is 0 Å². The lowest BCUT2D eigenvalue weighted by atomic mass is 10.4. The number of hydrogen-bond acceptors (Lipinski definition) is 5. The van der Waals surface area contributed by atoms with E-state index in [0.717, 1.165) is 0 Å². The van der Waals surface area contributed by atoms with E-state index in [2.05, 4.69) is 16.5 Å². The van der Waals surface area contributed by atoms with Crippen LogP contribution < -0.4 is 0 Å². The molecular weight excluding hydrogens is 198 g/mol. The maximum Gasteiger partial charge on any atom is 0.364 e. The van der Waals surface area contributed by atoms with Gasteiger partial charge in [0.25, 0.3) is 0 Å². The normalized spacial score (nSPS) is 11.5. The lowest BCUT2D eigenvalue weighted by Crippen LogP contribution is -2.09. The van der Waals surface area contributed by atoms with Gasteiger partial charge in [0.15, 0.2) is 0 Å². The van der Waals surface area contributed by atoms with Crippen LogP contribution in [0.25, 0.3) is 0 Å². The van der Waals surface area contributed by atoms with Gasteiger partial charge in [-0.25, -0.2) is 4.79 Å². The van der Waals surface area contributed by atoms with Gasteiger partial charge in [-0.2, -0.15) is 0 Å². The van der Waals surface area contributed by atoms with Crippen molar-refractivity contribution in [3.05, 3.63) is 29.0 Å². The monoisotopic (exact) mass is 205 g/mol. The molecule has 0 aliphatic rings. The first-order valence-corrected chi connectivity index (χ1v) is 3.80. The molecule has 0 fully saturated rings. The van der Waals surface area contributed by atoms with Crippen LogP contribution in [0.1, 0.15) is 0 Å². The van der Waals surface area contributed by atoms with Gasteiger partial charge in [-0.15, -0.1) is 16.5 Å². The van der Waals surface area contributed by atoms with Crippen molar-refractivity contribution in [3.63, 3.8) is 0 Å². The average Bonchev–Trinajstić information content (AvgIpc) is 2.15. The highest BCUT2D eigenvalue weighted by molar-refractivity contribution is 6.19. The molecule has 0 aliphatic carbocycles. The number of esters is 1. The molecule has 0 radical (unpaired) electrons. The van der Waals surface area contributed by atoms with Crippen LogP contribution in [-0.2, 0) is 9.53 Å². The molecule has 1 N–H and O–H groups in total. The summed E-state index contributed by atoms with van der Waals surface area (Å²) in [6, 6.07) is 0. The molecule has 0 bridgehead atoms. The van der Waals surface area contributed by atoms with E-state index < -0.39 is 17.4 Å². The average molecular weight is 206 g/mol. The molecule has 0 aromatic carbocycles. The number of hydrogen-bond donors (Lipinski definition) is 1. The standard InChI is InChI=1S/C7H8ClNO4/c1-2-3-13-7(11)6(9-12)5(10)4-8/h2,10H,1,3-4H2. The molecule has 0 aliphatic heterocycles. The highest BCUT2D eigenvalue weighted by Crippen LogP contribution is 2.07. The predicted molar refractivity (Wildman–Crippen MR) is 47.3 cm³/mol. The molecule has 72 valence electrons. The van der Waals surface area contributed by atoms with Gasteiger partial charge in [-0.05, 0) is 5.18 Å². The molecule has 0 heterocycles. The molecule has 13 heavy (non-hydrogen) atoms. The van der Waals surface area contributed by atoms with Crippen LogP contribution in [0, 0.1) is 4.91 Å². The van der Waals surface area contributed by atoms with Gasteiger partial charge in [0.2, 0.25) is 5.70 Å². The maximum absolute atomic E-state index is 10.9. The van der Waals surface area contributed by atoms with Crippen LogP contribution in [-0.4, -0.2) is 23.6 Å². The van der Waals surface area contributed by atoms with Gasteiger partial charge in [-0.1, -0.05) is 12.7 Å². The van der Waals surface area contributed by atoms with E-state index in [1.807, 2.05) is 0 Å². The second-order valence-corrected chi connectivity index (χ2v) is 2.17. The maximum atomic E-state index is 10.9. The Hall–Kier alpha value is -1.36. The molecule has 0 aromatic rings. The highest BCUT2D eigenvalue weighted by Gasteiger charge is 2.16. The fourth-order valence-corrected chi connectivity index (χ4v) is 0.601. The molecule has 0 saturated carbocycles. The zero-order chi connectivity index (χ0) is 10.3. The Bertz CT molecular complexity index is 249. The van der Waals surface area contributed by atoms with Crippen molar-refractivity contribution in [1.82, 2.24) is 0 Å². The number of nitrogens with zero attached hydrogens (tertiary/aromatic N) is 1. The Labute approximate surface area is 79.6 Å². The first-order valence-electron chi connectivity index (χ1n) is 3.26. The Balaban J connectivity index is 4.49. The minimum absolute atomic E-state index is 0.0621. The minimum Gasteiger partial charge on any atom is -0.508 e. The van der Waals surface area contributed by atoms with Gasteiger partial charge in [0.1, 0.15) is 12.4 Å². The lowest BCUT2D eigenvalue weighted by molar-refractivity contribution is -0.138. The summed E-state index contributed by atoms with van der Waals surface area (Å²) in [6.07, 6.45) is 1.32. The fourth-order valence-electron chi connectivity index (χ4n) is 0.474. The Morgan fingerprint density at radius 2 is 2.31 bits per heavy atom. The van der Waals surface area contributed by atoms with Gasteiger partial charge in [0.05, 0.1) is 5.88 Å². The predicted octanol–water partition coefficient (Wildman–Crippen LogP) is 1.49. The van der Waals surface area contributed by atoms with E-state index in [4.69, 9.17) is 16.7 Å². The summed E-state index contributed by atoms with van der Waals surface area (Å²) in [5, 5.41) is 11.2. The van der Waals surface area contributed by atoms with E-state index in [1.165, 1.54) is 6.08 Å². The van der Waals surface area contributed by atoms with Crippen LogP contribution in [0.2, 0.25) is 0 Å². The molecule has 0 atom stereocenters. The number of halogens is 1. The van der Waals surface area contributed by atoms with Crippen molar-refractivity contribution in [2.24, 2.45) is 5.18 Å². The molecule has 0 aromatic heterocycles. The number of carbonyl (C=O) groups excluding carboxylic acids is 1. The number of ether oxygens (including phenoxy) is 1. The third kappa shape index (κ3) is 3.71. The Morgan fingerprint density at radius 3 is 2.69 bits per heavy atom. The van der Waals surface area contributed by atoms with Gasteiger partial charge < -0.3 is 9.84 Å². The van der Waals surface area contributed by atoms with Gasteiger partial charge >= 0.3 is 5.97 Å². The number of aliphatic hydroxyl groups excluding tert-OH is 1. The van der Waals surface area contributed by atoms with Crippen molar-refractivity contribution in [3.8, 4) is 0 Å². The topological polar surface area (TPSA) is 76.0 Å². The van der Waals surface area contributed by atoms with Gasteiger partial charge in [0, 0.05) is 0 Å². The summed E-state index contributed by atoms with van der Waals surface area (Å²) in [4.78, 5) is 21.0. The van der Waals surface area contributed by atoms with E-state index in [9.17, 15) is 9.70 Å². The third-order valence-electron chi connectivity index (χ3n) is 1.02. The quantitative estimate of drug-likeness (QED) is 0.184. The first kappa shape index (κ1) is 11.6. The highest BCUT2D eigenvalue weighted by atomic mass is 35.5. The third-order valence-corrected chi connectivity index (χ3v) is 1.27. The molecule has 0 amide bonds. The van der Waals surface area contributed by atoms with Gasteiger partial charge in [-0.3, -0.25) is 0 Å². The number of allylic oxidation sites excluding steroid dienone is 1. The molecular formula is C7H8ClNO4. The van der Waals surface area contributed by atoms with Crippen LogP contribution in [0.15, 0.2) is 29.3 Å². The van der Waals surface area contributed by atoms with Crippen molar-refractivity contribution < 1.29 is 14.6 Å². The number of carbonyl (C=O) groups is 1. The summed E-state index contributed by atoms with van der Waals surface area (Å²) >= 11 is 5.17. The molecule has 5 nitrogen and oxygen atoms in total. The number of rotatable bonds is 5. The largest absolute Gasteiger partial charge is 0.508 e. The van der Waals surface area contributed by atoms with E-state index in [-0.39, 0.29) is 12.5 Å². The smallest absolute Gasteiger partial charge is 0.364 e. The van der Waals surface area contributed by atoms with Crippen LogP contribution in [0.5, 0.6) is 0 Å². The Kier molecular flexibility index (Phi) is 5.54. The van der Waals surface area contributed by atoms with Crippen LogP contribution in [0.3, 0.4) is 0 Å². The SMILES string of the molecule is C=CCOC(=O)C(N=O)=C(O)CCl. The molecule has 6 heteroatoms. The second-order valence-electron chi connectivity index (χ2n) is 1.91. The number of alkyl halides is 1. The van der Waals surface area contributed by atoms with Crippen molar-refractivity contribution in [1.29, 1.82) is 0 Å². The summed E-state index contributed by atoms with van der Waals surface area (Å²) in [5.41, 5.74) is -0.711. The zero-order valence-electron chi connectivity index (χ0n) is 6.70. The first-order chi connectivity index (χ1) is 6.17. The summed E-state index contributed by atoms with van der Waals surface area (Å²) in [5.74, 6) is -2.00. The van der Waals surface area contributed by atoms with E-state index in [1.54, 1.807) is 0 Å². The summed E-state index contributed by atoms with van der Waals surface area (Å²) in [7, 11) is 0. The zero-order valence-corrected chi connectivity index (χ0v) is 7.45. The van der Waals surface area contributed by atoms with Crippen molar-refractivity contribution in [2.45, 2.75) is 0 Å². The number of nitroso groups, excluding NO2 is 1. The van der Waals surface area contributed by atoms with Crippen LogP contribution in [0.4, 0.5) is 0 Å². The van der Waals surface area contributed by atoms with Crippen molar-refractivity contribution in [2.75, 3.05) is 12.5 Å². The van der Waals surface area contributed by atoms with Crippen molar-refractivity contribution >= 4 is 17.6 Å². The molecule has 0 spiro atoms. The second kappa shape index (κ2) is 6.19. The summed E-state index contributed by atoms with van der Waals surface area (Å²) in [6.45, 7) is 3.23. The summed E-state index contributed by atoms with van der Waals surface area (Å²) < 4.78 is 4.44. The minimum atomic E-state index is -1.02. The molecule has 0 saturated heterocycles. The molecule has 0 unspecified atom stereocenters. The number of aliphatic hydroxyl groups is 1. The van der Waals surface area contributed by atoms with E-state index >= 15 is 0 Å².